The van der Waals surface area contributed by atoms with Crippen molar-refractivity contribution in [3.05, 3.63) is 11.6 Å². The number of aromatic nitrogens is 1. The van der Waals surface area contributed by atoms with Gasteiger partial charge in [-0.25, -0.2) is 4.98 Å². The van der Waals surface area contributed by atoms with Gasteiger partial charge in [-0.15, -0.1) is 11.3 Å². The Morgan fingerprint density at radius 1 is 1.47 bits per heavy atom. The van der Waals surface area contributed by atoms with Crippen LogP contribution in [0.2, 0.25) is 0 Å². The van der Waals surface area contributed by atoms with E-state index in [0.29, 0.717) is 18.5 Å². The first-order valence-electron chi connectivity index (χ1n) is 5.29. The molecule has 0 spiro atoms. The van der Waals surface area contributed by atoms with Crippen molar-refractivity contribution >= 4 is 22.4 Å². The predicted molar refractivity (Wildman–Crippen MR) is 59.0 cm³/mol. The molecule has 4 nitrogen and oxygen atoms in total. The van der Waals surface area contributed by atoms with Gasteiger partial charge in [-0.1, -0.05) is 0 Å². The lowest BCUT2D eigenvalue weighted by Gasteiger charge is -2.26. The molecule has 3 rings (SSSR count). The maximum atomic E-state index is 11.4. The SMILES string of the molecule is O=C1C[C@@H]2CC[C@H](CN1)N2c1nccs1. The molecule has 2 fully saturated rings. The van der Waals surface area contributed by atoms with Crippen LogP contribution in [0.1, 0.15) is 19.3 Å². The molecule has 1 N–H and O–H groups in total. The Morgan fingerprint density at radius 2 is 2.33 bits per heavy atom. The number of fused-ring (bicyclic) bond motifs is 2. The summed E-state index contributed by atoms with van der Waals surface area (Å²) in [4.78, 5) is 18.1. The number of hydrogen-bond acceptors (Lipinski definition) is 4. The Kier molecular flexibility index (Phi) is 2.12. The standard InChI is InChI=1S/C10H13N3OS/c14-9-5-7-1-2-8(6-12-9)13(7)10-11-3-4-15-10/h3-4,7-8H,1-2,5-6H2,(H,12,14)/t7-,8+/m0/s1. The van der Waals surface area contributed by atoms with Gasteiger partial charge in [-0.3, -0.25) is 4.79 Å². The van der Waals surface area contributed by atoms with E-state index < -0.39 is 0 Å². The number of anilines is 1. The van der Waals surface area contributed by atoms with E-state index in [1.54, 1.807) is 11.3 Å². The first-order chi connectivity index (χ1) is 7.34. The number of nitrogens with one attached hydrogen (secondary N) is 1. The summed E-state index contributed by atoms with van der Waals surface area (Å²) in [7, 11) is 0. The number of rotatable bonds is 1. The third kappa shape index (κ3) is 1.51. The molecule has 5 heteroatoms. The van der Waals surface area contributed by atoms with Crippen LogP contribution >= 0.6 is 11.3 Å². The second-order valence-corrected chi connectivity index (χ2v) is 4.99. The topological polar surface area (TPSA) is 45.2 Å². The van der Waals surface area contributed by atoms with Crippen molar-refractivity contribution < 1.29 is 4.79 Å². The van der Waals surface area contributed by atoms with Gasteiger partial charge in [-0.05, 0) is 12.8 Å². The zero-order valence-corrected chi connectivity index (χ0v) is 9.17. The molecule has 0 radical (unpaired) electrons. The lowest BCUT2D eigenvalue weighted by molar-refractivity contribution is -0.121. The van der Waals surface area contributed by atoms with Crippen LogP contribution in [0.3, 0.4) is 0 Å². The summed E-state index contributed by atoms with van der Waals surface area (Å²) in [6.45, 7) is 0.773. The van der Waals surface area contributed by atoms with Gasteiger partial charge in [0.15, 0.2) is 5.13 Å². The van der Waals surface area contributed by atoms with E-state index in [2.05, 4.69) is 15.2 Å². The quantitative estimate of drug-likeness (QED) is 0.772. The highest BCUT2D eigenvalue weighted by atomic mass is 32.1. The maximum Gasteiger partial charge on any atom is 0.222 e. The van der Waals surface area contributed by atoms with E-state index >= 15 is 0 Å². The Balaban J connectivity index is 1.92. The average molecular weight is 223 g/mol. The summed E-state index contributed by atoms with van der Waals surface area (Å²) in [5.41, 5.74) is 0. The lowest BCUT2D eigenvalue weighted by atomic mass is 10.1. The Morgan fingerprint density at radius 3 is 3.13 bits per heavy atom. The Labute approximate surface area is 92.3 Å². The summed E-state index contributed by atoms with van der Waals surface area (Å²) in [6, 6.07) is 0.816. The molecule has 1 aromatic rings. The van der Waals surface area contributed by atoms with Crippen molar-refractivity contribution in [1.29, 1.82) is 0 Å². The molecule has 3 heterocycles. The molecule has 0 aliphatic carbocycles. The smallest absolute Gasteiger partial charge is 0.222 e. The predicted octanol–water partition coefficient (Wildman–Crippen LogP) is 1.00. The van der Waals surface area contributed by atoms with Crippen LogP contribution in [0.4, 0.5) is 5.13 Å². The third-order valence-corrected chi connectivity index (χ3v) is 4.00. The zero-order valence-electron chi connectivity index (χ0n) is 8.35. The minimum absolute atomic E-state index is 0.184. The van der Waals surface area contributed by atoms with Crippen LogP contribution in [-0.4, -0.2) is 29.5 Å². The Hall–Kier alpha value is -1.10. The van der Waals surface area contributed by atoms with Gasteiger partial charge in [0.1, 0.15) is 0 Å². The minimum Gasteiger partial charge on any atom is -0.354 e. The number of thiazole rings is 1. The van der Waals surface area contributed by atoms with E-state index in [4.69, 9.17) is 0 Å². The van der Waals surface area contributed by atoms with Gasteiger partial charge in [0.2, 0.25) is 5.91 Å². The van der Waals surface area contributed by atoms with Crippen molar-refractivity contribution in [2.24, 2.45) is 0 Å². The minimum atomic E-state index is 0.184. The van der Waals surface area contributed by atoms with E-state index in [9.17, 15) is 4.79 Å². The van der Waals surface area contributed by atoms with E-state index in [0.717, 1.165) is 18.1 Å². The number of carbonyl (C=O) groups excluding carboxylic acids is 1. The maximum absolute atomic E-state index is 11.4. The second kappa shape index (κ2) is 3.48. The van der Waals surface area contributed by atoms with Crippen LogP contribution in [0.5, 0.6) is 0 Å². The van der Waals surface area contributed by atoms with Gasteiger partial charge in [-0.2, -0.15) is 0 Å². The highest BCUT2D eigenvalue weighted by Gasteiger charge is 2.38. The molecule has 2 bridgehead atoms. The number of hydrogen-bond donors (Lipinski definition) is 1. The molecule has 1 amide bonds. The van der Waals surface area contributed by atoms with Gasteiger partial charge >= 0.3 is 0 Å². The molecule has 0 aromatic carbocycles. The van der Waals surface area contributed by atoms with Crippen molar-refractivity contribution in [2.45, 2.75) is 31.3 Å². The molecule has 0 unspecified atom stereocenters. The largest absolute Gasteiger partial charge is 0.354 e. The second-order valence-electron chi connectivity index (χ2n) is 4.12. The molecule has 15 heavy (non-hydrogen) atoms. The molecular weight excluding hydrogens is 210 g/mol. The van der Waals surface area contributed by atoms with Gasteiger partial charge in [0.25, 0.3) is 0 Å². The van der Waals surface area contributed by atoms with E-state index in [-0.39, 0.29) is 5.91 Å². The van der Waals surface area contributed by atoms with Gasteiger partial charge in [0, 0.05) is 36.6 Å². The van der Waals surface area contributed by atoms with Crippen LogP contribution in [0, 0.1) is 0 Å². The van der Waals surface area contributed by atoms with Crippen LogP contribution in [0.15, 0.2) is 11.6 Å². The number of nitrogens with zero attached hydrogens (tertiary/aromatic N) is 2. The Bertz CT molecular complexity index is 365. The lowest BCUT2D eigenvalue weighted by Crippen LogP contribution is -2.38. The van der Waals surface area contributed by atoms with Crippen LogP contribution in [-0.2, 0) is 4.79 Å². The van der Waals surface area contributed by atoms with Crippen molar-refractivity contribution in [2.75, 3.05) is 11.4 Å². The molecule has 2 aliphatic rings. The molecule has 2 aliphatic heterocycles. The fourth-order valence-electron chi connectivity index (χ4n) is 2.54. The normalized spacial score (nSPS) is 30.1. The highest BCUT2D eigenvalue weighted by molar-refractivity contribution is 7.13. The summed E-state index contributed by atoms with van der Waals surface area (Å²) in [6.07, 6.45) is 4.75. The third-order valence-electron chi connectivity index (χ3n) is 3.22. The molecular formula is C10H13N3OS. The summed E-state index contributed by atoms with van der Waals surface area (Å²) < 4.78 is 0. The molecule has 80 valence electrons. The van der Waals surface area contributed by atoms with Crippen molar-refractivity contribution in [1.82, 2.24) is 10.3 Å². The zero-order chi connectivity index (χ0) is 10.3. The van der Waals surface area contributed by atoms with Gasteiger partial charge < -0.3 is 10.2 Å². The summed E-state index contributed by atoms with van der Waals surface area (Å²) >= 11 is 1.66. The summed E-state index contributed by atoms with van der Waals surface area (Å²) in [5, 5.41) is 6.03. The van der Waals surface area contributed by atoms with Crippen molar-refractivity contribution in [3.8, 4) is 0 Å². The first-order valence-corrected chi connectivity index (χ1v) is 6.17. The van der Waals surface area contributed by atoms with Crippen LogP contribution in [0.25, 0.3) is 0 Å². The number of amides is 1. The molecule has 2 atom stereocenters. The molecule has 1 aromatic heterocycles. The molecule has 0 saturated carbocycles. The van der Waals surface area contributed by atoms with Crippen molar-refractivity contribution in [3.63, 3.8) is 0 Å². The van der Waals surface area contributed by atoms with Gasteiger partial charge in [0.05, 0.1) is 0 Å². The fourth-order valence-corrected chi connectivity index (χ4v) is 3.32. The fraction of sp³-hybridized carbons (Fsp3) is 0.600. The number of carbonyl (C=O) groups is 1. The monoisotopic (exact) mass is 223 g/mol. The average Bonchev–Trinajstić information content (AvgIpc) is 2.78. The summed E-state index contributed by atoms with van der Waals surface area (Å²) in [5.74, 6) is 0.184. The molecule has 2 saturated heterocycles. The van der Waals surface area contributed by atoms with Crippen LogP contribution < -0.4 is 10.2 Å². The van der Waals surface area contributed by atoms with E-state index in [1.165, 1.54) is 6.42 Å². The highest BCUT2D eigenvalue weighted by Crippen LogP contribution is 2.34. The first kappa shape index (κ1) is 9.15. The van der Waals surface area contributed by atoms with E-state index in [1.807, 2.05) is 11.6 Å².